The van der Waals surface area contributed by atoms with E-state index in [1.165, 1.54) is 12.8 Å². The molecule has 0 saturated heterocycles. The molecule has 11 heavy (non-hydrogen) atoms. The van der Waals surface area contributed by atoms with Crippen molar-refractivity contribution in [1.29, 1.82) is 0 Å². The molecular weight excluding hydrogens is 138 g/mol. The lowest BCUT2D eigenvalue weighted by atomic mass is 10.1. The van der Waals surface area contributed by atoms with E-state index in [1.54, 1.807) is 0 Å². The molecule has 1 saturated carbocycles. The molecular formula is C9H19NO. The van der Waals surface area contributed by atoms with Gasteiger partial charge in [0.2, 0.25) is 0 Å². The summed E-state index contributed by atoms with van der Waals surface area (Å²) in [6.45, 7) is 6.15. The minimum Gasteiger partial charge on any atom is -0.376 e. The van der Waals surface area contributed by atoms with E-state index in [-0.39, 0.29) is 0 Å². The Balaban J connectivity index is 2.53. The molecule has 0 aliphatic heterocycles. The molecule has 2 nitrogen and oxygen atoms in total. The van der Waals surface area contributed by atoms with Gasteiger partial charge in [0, 0.05) is 0 Å². The highest BCUT2D eigenvalue weighted by Gasteiger charge is 2.35. The highest BCUT2D eigenvalue weighted by Crippen LogP contribution is 2.32. The molecule has 1 fully saturated rings. The van der Waals surface area contributed by atoms with Crippen molar-refractivity contribution in [2.75, 3.05) is 13.1 Å². The van der Waals surface area contributed by atoms with Crippen molar-refractivity contribution in [3.8, 4) is 0 Å². The Morgan fingerprint density at radius 1 is 1.18 bits per heavy atom. The molecule has 0 aromatic rings. The normalized spacial score (nSPS) is 22.9. The molecule has 0 aromatic heterocycles. The van der Waals surface area contributed by atoms with Gasteiger partial charge in [-0.15, -0.1) is 0 Å². The van der Waals surface area contributed by atoms with E-state index in [9.17, 15) is 5.11 Å². The second-order valence-corrected chi connectivity index (χ2v) is 3.36. The van der Waals surface area contributed by atoms with Gasteiger partial charge in [-0.3, -0.25) is 4.90 Å². The number of rotatable bonds is 3. The number of aliphatic hydroxyl groups is 1. The minimum atomic E-state index is -0.455. The molecule has 66 valence electrons. The van der Waals surface area contributed by atoms with Gasteiger partial charge in [0.05, 0.1) is 0 Å². The SMILES string of the molecule is CCN(CC)C1(O)CCCC1. The topological polar surface area (TPSA) is 23.5 Å². The Bertz CT molecular complexity index is 115. The van der Waals surface area contributed by atoms with Gasteiger partial charge < -0.3 is 5.11 Å². The van der Waals surface area contributed by atoms with Crippen molar-refractivity contribution in [3.63, 3.8) is 0 Å². The van der Waals surface area contributed by atoms with Crippen LogP contribution in [0.3, 0.4) is 0 Å². The molecule has 0 amide bonds. The van der Waals surface area contributed by atoms with Gasteiger partial charge in [0.1, 0.15) is 5.72 Å². The largest absolute Gasteiger partial charge is 0.376 e. The third-order valence-corrected chi connectivity index (χ3v) is 2.76. The smallest absolute Gasteiger partial charge is 0.118 e. The molecule has 1 rings (SSSR count). The second-order valence-electron chi connectivity index (χ2n) is 3.36. The monoisotopic (exact) mass is 157 g/mol. The van der Waals surface area contributed by atoms with Crippen LogP contribution < -0.4 is 0 Å². The number of hydrogen-bond donors (Lipinski definition) is 1. The first kappa shape index (κ1) is 9.01. The zero-order chi connectivity index (χ0) is 8.32. The third kappa shape index (κ3) is 1.74. The van der Waals surface area contributed by atoms with E-state index in [2.05, 4.69) is 18.7 Å². The van der Waals surface area contributed by atoms with Crippen LogP contribution in [-0.2, 0) is 0 Å². The van der Waals surface area contributed by atoms with Gasteiger partial charge in [-0.2, -0.15) is 0 Å². The van der Waals surface area contributed by atoms with E-state index in [0.29, 0.717) is 0 Å². The average molecular weight is 157 g/mol. The van der Waals surface area contributed by atoms with E-state index in [0.717, 1.165) is 25.9 Å². The van der Waals surface area contributed by atoms with Crippen molar-refractivity contribution in [2.45, 2.75) is 45.3 Å². The van der Waals surface area contributed by atoms with Crippen LogP contribution in [0.5, 0.6) is 0 Å². The summed E-state index contributed by atoms with van der Waals surface area (Å²) in [5.74, 6) is 0. The van der Waals surface area contributed by atoms with Gasteiger partial charge in [0.15, 0.2) is 0 Å². The first-order chi connectivity index (χ1) is 5.23. The summed E-state index contributed by atoms with van der Waals surface area (Å²) in [6, 6.07) is 0. The van der Waals surface area contributed by atoms with Crippen molar-refractivity contribution < 1.29 is 5.11 Å². The van der Waals surface area contributed by atoms with Gasteiger partial charge >= 0.3 is 0 Å². The zero-order valence-electron chi connectivity index (χ0n) is 7.64. The highest BCUT2D eigenvalue weighted by molar-refractivity contribution is 4.83. The van der Waals surface area contributed by atoms with Crippen LogP contribution in [-0.4, -0.2) is 28.8 Å². The Morgan fingerprint density at radius 3 is 2.00 bits per heavy atom. The lowest BCUT2D eigenvalue weighted by molar-refractivity contribution is -0.0979. The second kappa shape index (κ2) is 3.55. The fraction of sp³-hybridized carbons (Fsp3) is 1.00. The molecule has 0 atom stereocenters. The highest BCUT2D eigenvalue weighted by atomic mass is 16.3. The molecule has 0 spiro atoms. The van der Waals surface area contributed by atoms with E-state index in [1.807, 2.05) is 0 Å². The molecule has 0 heterocycles. The predicted octanol–water partition coefficient (Wildman–Crippen LogP) is 1.59. The van der Waals surface area contributed by atoms with Crippen LogP contribution >= 0.6 is 0 Å². The maximum atomic E-state index is 10.1. The van der Waals surface area contributed by atoms with Gasteiger partial charge in [-0.1, -0.05) is 13.8 Å². The first-order valence-electron chi connectivity index (χ1n) is 4.70. The summed E-state index contributed by atoms with van der Waals surface area (Å²) < 4.78 is 0. The summed E-state index contributed by atoms with van der Waals surface area (Å²) in [5, 5.41) is 10.1. The van der Waals surface area contributed by atoms with E-state index >= 15 is 0 Å². The molecule has 1 aliphatic carbocycles. The molecule has 0 radical (unpaired) electrons. The van der Waals surface area contributed by atoms with Crippen LogP contribution in [0.25, 0.3) is 0 Å². The van der Waals surface area contributed by atoms with Crippen molar-refractivity contribution >= 4 is 0 Å². The van der Waals surface area contributed by atoms with Crippen molar-refractivity contribution in [3.05, 3.63) is 0 Å². The van der Waals surface area contributed by atoms with Crippen LogP contribution in [0.1, 0.15) is 39.5 Å². The van der Waals surface area contributed by atoms with Crippen molar-refractivity contribution in [2.24, 2.45) is 0 Å². The lowest BCUT2D eigenvalue weighted by Crippen LogP contribution is -2.46. The summed E-state index contributed by atoms with van der Waals surface area (Å²) in [5.41, 5.74) is -0.455. The number of nitrogens with zero attached hydrogens (tertiary/aromatic N) is 1. The molecule has 1 aliphatic rings. The van der Waals surface area contributed by atoms with Crippen molar-refractivity contribution in [1.82, 2.24) is 4.90 Å². The van der Waals surface area contributed by atoms with Gasteiger partial charge in [0.25, 0.3) is 0 Å². The van der Waals surface area contributed by atoms with Gasteiger partial charge in [-0.05, 0) is 38.8 Å². The minimum absolute atomic E-state index is 0.455. The molecule has 0 bridgehead atoms. The maximum absolute atomic E-state index is 10.1. The predicted molar refractivity (Wildman–Crippen MR) is 46.3 cm³/mol. The average Bonchev–Trinajstić information content (AvgIpc) is 2.39. The molecule has 1 N–H and O–H groups in total. The Morgan fingerprint density at radius 2 is 1.64 bits per heavy atom. The Hall–Kier alpha value is -0.0800. The zero-order valence-corrected chi connectivity index (χ0v) is 7.64. The third-order valence-electron chi connectivity index (χ3n) is 2.76. The number of hydrogen-bond acceptors (Lipinski definition) is 2. The summed E-state index contributed by atoms with van der Waals surface area (Å²) in [6.07, 6.45) is 4.31. The quantitative estimate of drug-likeness (QED) is 0.629. The van der Waals surface area contributed by atoms with Gasteiger partial charge in [-0.25, -0.2) is 0 Å². The molecule has 0 unspecified atom stereocenters. The first-order valence-corrected chi connectivity index (χ1v) is 4.70. The summed E-state index contributed by atoms with van der Waals surface area (Å²) >= 11 is 0. The summed E-state index contributed by atoms with van der Waals surface area (Å²) in [7, 11) is 0. The fourth-order valence-corrected chi connectivity index (χ4v) is 2.07. The van der Waals surface area contributed by atoms with Crippen LogP contribution in [0.4, 0.5) is 0 Å². The summed E-state index contributed by atoms with van der Waals surface area (Å²) in [4.78, 5) is 2.17. The standard InChI is InChI=1S/C9H19NO/c1-3-10(4-2)9(11)7-5-6-8-9/h11H,3-8H2,1-2H3. The van der Waals surface area contributed by atoms with E-state index < -0.39 is 5.72 Å². The Labute approximate surface area is 69.2 Å². The van der Waals surface area contributed by atoms with Crippen LogP contribution in [0.2, 0.25) is 0 Å². The van der Waals surface area contributed by atoms with Crippen LogP contribution in [0, 0.1) is 0 Å². The fourth-order valence-electron chi connectivity index (χ4n) is 2.07. The maximum Gasteiger partial charge on any atom is 0.118 e. The molecule has 2 heteroatoms. The van der Waals surface area contributed by atoms with E-state index in [4.69, 9.17) is 0 Å². The molecule has 0 aromatic carbocycles. The lowest BCUT2D eigenvalue weighted by Gasteiger charge is -2.35. The Kier molecular flexibility index (Phi) is 2.90. The van der Waals surface area contributed by atoms with Crippen LogP contribution in [0.15, 0.2) is 0 Å².